The molecule has 138 valence electrons. The van der Waals surface area contributed by atoms with E-state index in [0.717, 1.165) is 12.0 Å². The van der Waals surface area contributed by atoms with Gasteiger partial charge in [-0.2, -0.15) is 0 Å². The van der Waals surface area contributed by atoms with Crippen molar-refractivity contribution in [3.05, 3.63) is 35.6 Å². The van der Waals surface area contributed by atoms with Crippen LogP contribution in [0.5, 0.6) is 0 Å². The summed E-state index contributed by atoms with van der Waals surface area (Å²) in [6.07, 6.45) is 1.76. The van der Waals surface area contributed by atoms with E-state index in [-0.39, 0.29) is 35.4 Å². The fourth-order valence-corrected chi connectivity index (χ4v) is 3.95. The fraction of sp³-hybridized carbons (Fsp3) is 0.526. The van der Waals surface area contributed by atoms with Gasteiger partial charge in [-0.15, -0.1) is 0 Å². The topological polar surface area (TPSA) is 69.7 Å². The van der Waals surface area contributed by atoms with Gasteiger partial charge in [-0.25, -0.2) is 4.39 Å². The number of piperazine rings is 1. The summed E-state index contributed by atoms with van der Waals surface area (Å²) in [6.45, 7) is 2.06. The largest absolute Gasteiger partial charge is 0.344 e. The molecule has 4 rings (SSSR count). The predicted octanol–water partition coefficient (Wildman–Crippen LogP) is 0.879. The van der Waals surface area contributed by atoms with Crippen LogP contribution in [-0.2, 0) is 14.4 Å². The van der Waals surface area contributed by atoms with E-state index < -0.39 is 6.04 Å². The average molecular weight is 359 g/mol. The van der Waals surface area contributed by atoms with Gasteiger partial charge in [-0.1, -0.05) is 12.1 Å². The first-order valence-corrected chi connectivity index (χ1v) is 9.15. The fourth-order valence-electron chi connectivity index (χ4n) is 3.95. The molecule has 2 aliphatic heterocycles. The molecule has 1 saturated carbocycles. The minimum Gasteiger partial charge on any atom is -0.344 e. The lowest BCUT2D eigenvalue weighted by atomic mass is 10.1. The van der Waals surface area contributed by atoms with Gasteiger partial charge in [0.2, 0.25) is 17.7 Å². The van der Waals surface area contributed by atoms with E-state index in [9.17, 15) is 18.8 Å². The molecule has 1 aliphatic carbocycles. The van der Waals surface area contributed by atoms with E-state index in [1.165, 1.54) is 12.1 Å². The summed E-state index contributed by atoms with van der Waals surface area (Å²) in [5, 5.41) is 2.70. The third-order valence-corrected chi connectivity index (χ3v) is 5.60. The molecule has 3 unspecified atom stereocenters. The van der Waals surface area contributed by atoms with Crippen LogP contribution in [-0.4, -0.2) is 59.7 Å². The van der Waals surface area contributed by atoms with Gasteiger partial charge in [0, 0.05) is 38.5 Å². The number of nitrogens with one attached hydrogen (secondary N) is 1. The van der Waals surface area contributed by atoms with Crippen molar-refractivity contribution in [3.8, 4) is 0 Å². The van der Waals surface area contributed by atoms with Gasteiger partial charge < -0.3 is 15.1 Å². The maximum Gasteiger partial charge on any atom is 0.245 e. The lowest BCUT2D eigenvalue weighted by Gasteiger charge is -2.36. The first kappa shape index (κ1) is 17.0. The van der Waals surface area contributed by atoms with Crippen molar-refractivity contribution < 1.29 is 18.8 Å². The third kappa shape index (κ3) is 3.30. The second kappa shape index (κ2) is 6.70. The monoisotopic (exact) mass is 359 g/mol. The molecule has 0 bridgehead atoms. The molecule has 1 N–H and O–H groups in total. The number of amides is 3. The van der Waals surface area contributed by atoms with Gasteiger partial charge in [0.05, 0.1) is 0 Å². The Morgan fingerprint density at radius 3 is 2.19 bits per heavy atom. The SMILES string of the molecule is O=C1CCC(C(=O)N2CCN(C(=O)C3CC3c3ccc(F)cc3)CC2)N1. The molecule has 3 aliphatic rings. The number of carbonyl (C=O) groups is 3. The van der Waals surface area contributed by atoms with Crippen molar-refractivity contribution in [2.75, 3.05) is 26.2 Å². The molecule has 1 aromatic rings. The molecule has 0 radical (unpaired) electrons. The molecule has 3 fully saturated rings. The van der Waals surface area contributed by atoms with E-state index in [2.05, 4.69) is 5.32 Å². The van der Waals surface area contributed by atoms with Crippen molar-refractivity contribution in [3.63, 3.8) is 0 Å². The van der Waals surface area contributed by atoms with Crippen molar-refractivity contribution in [1.29, 1.82) is 0 Å². The van der Waals surface area contributed by atoms with E-state index in [4.69, 9.17) is 0 Å². The van der Waals surface area contributed by atoms with Crippen LogP contribution in [0.2, 0.25) is 0 Å². The Bertz CT molecular complexity index is 728. The highest BCUT2D eigenvalue weighted by molar-refractivity contribution is 5.91. The smallest absolute Gasteiger partial charge is 0.245 e. The molecule has 6 nitrogen and oxygen atoms in total. The molecular formula is C19H22FN3O3. The molecule has 1 aromatic carbocycles. The molecule has 0 aromatic heterocycles. The van der Waals surface area contributed by atoms with E-state index >= 15 is 0 Å². The average Bonchev–Trinajstić information content (AvgIpc) is 3.34. The van der Waals surface area contributed by atoms with Crippen molar-refractivity contribution >= 4 is 17.7 Å². The molecule has 2 saturated heterocycles. The summed E-state index contributed by atoms with van der Waals surface area (Å²) in [7, 11) is 0. The van der Waals surface area contributed by atoms with Crippen LogP contribution in [0, 0.1) is 11.7 Å². The summed E-state index contributed by atoms with van der Waals surface area (Å²) >= 11 is 0. The van der Waals surface area contributed by atoms with Crippen molar-refractivity contribution in [1.82, 2.24) is 15.1 Å². The summed E-state index contributed by atoms with van der Waals surface area (Å²) in [6, 6.07) is 5.96. The lowest BCUT2D eigenvalue weighted by molar-refractivity contribution is -0.141. The highest BCUT2D eigenvalue weighted by Gasteiger charge is 2.46. The molecular weight excluding hydrogens is 337 g/mol. The highest BCUT2D eigenvalue weighted by atomic mass is 19.1. The Hall–Kier alpha value is -2.44. The summed E-state index contributed by atoms with van der Waals surface area (Å²) in [4.78, 5) is 39.9. The Morgan fingerprint density at radius 1 is 1.00 bits per heavy atom. The van der Waals surface area contributed by atoms with E-state index in [0.29, 0.717) is 39.0 Å². The number of hydrogen-bond acceptors (Lipinski definition) is 3. The number of rotatable bonds is 3. The van der Waals surface area contributed by atoms with Crippen molar-refractivity contribution in [2.45, 2.75) is 31.2 Å². The lowest BCUT2D eigenvalue weighted by Crippen LogP contribution is -2.54. The van der Waals surface area contributed by atoms with Gasteiger partial charge in [-0.3, -0.25) is 14.4 Å². The Morgan fingerprint density at radius 2 is 1.62 bits per heavy atom. The number of halogens is 1. The molecule has 0 spiro atoms. The van der Waals surface area contributed by atoms with Crippen LogP contribution >= 0.6 is 0 Å². The zero-order valence-electron chi connectivity index (χ0n) is 14.5. The zero-order valence-corrected chi connectivity index (χ0v) is 14.5. The van der Waals surface area contributed by atoms with E-state index in [1.54, 1.807) is 17.0 Å². The standard InChI is InChI=1S/C19H22FN3O3/c20-13-3-1-12(2-4-13)14-11-15(14)18(25)22-7-9-23(10-8-22)19(26)16-5-6-17(24)21-16/h1-4,14-16H,5-11H2,(H,21,24). The number of hydrogen-bond donors (Lipinski definition) is 1. The van der Waals surface area contributed by atoms with Crippen LogP contribution in [0.1, 0.15) is 30.7 Å². The van der Waals surface area contributed by atoms with Crippen molar-refractivity contribution in [2.24, 2.45) is 5.92 Å². The van der Waals surface area contributed by atoms with Gasteiger partial charge >= 0.3 is 0 Å². The minimum absolute atomic E-state index is 0.0307. The minimum atomic E-state index is -0.406. The van der Waals surface area contributed by atoms with Gasteiger partial charge in [0.1, 0.15) is 11.9 Å². The Kier molecular flexibility index (Phi) is 4.38. The van der Waals surface area contributed by atoms with Crippen LogP contribution < -0.4 is 5.32 Å². The predicted molar refractivity (Wildman–Crippen MR) is 91.6 cm³/mol. The first-order chi connectivity index (χ1) is 12.5. The summed E-state index contributed by atoms with van der Waals surface area (Å²) in [5.74, 6) is -0.110. The first-order valence-electron chi connectivity index (χ1n) is 9.15. The summed E-state index contributed by atoms with van der Waals surface area (Å²) in [5.41, 5.74) is 1.01. The van der Waals surface area contributed by atoms with Gasteiger partial charge in [0.25, 0.3) is 0 Å². The highest BCUT2D eigenvalue weighted by Crippen LogP contribution is 2.48. The molecule has 3 amide bonds. The maximum absolute atomic E-state index is 13.0. The summed E-state index contributed by atoms with van der Waals surface area (Å²) < 4.78 is 13.0. The normalized spacial score (nSPS) is 28.0. The molecule has 26 heavy (non-hydrogen) atoms. The second-order valence-electron chi connectivity index (χ2n) is 7.31. The molecule has 3 atom stereocenters. The number of carbonyl (C=O) groups excluding carboxylic acids is 3. The number of benzene rings is 1. The molecule has 7 heteroatoms. The van der Waals surface area contributed by atoms with Crippen LogP contribution in [0.15, 0.2) is 24.3 Å². The van der Waals surface area contributed by atoms with E-state index in [1.807, 2.05) is 4.90 Å². The maximum atomic E-state index is 13.0. The number of nitrogens with zero attached hydrogens (tertiary/aromatic N) is 2. The Balaban J connectivity index is 1.28. The van der Waals surface area contributed by atoms with Crippen LogP contribution in [0.25, 0.3) is 0 Å². The van der Waals surface area contributed by atoms with Gasteiger partial charge in [-0.05, 0) is 36.5 Å². The van der Waals surface area contributed by atoms with Crippen LogP contribution in [0.3, 0.4) is 0 Å². The Labute approximate surface area is 151 Å². The second-order valence-corrected chi connectivity index (χ2v) is 7.31. The zero-order chi connectivity index (χ0) is 18.3. The van der Waals surface area contributed by atoms with Gasteiger partial charge in [0.15, 0.2) is 0 Å². The van der Waals surface area contributed by atoms with Crippen LogP contribution in [0.4, 0.5) is 4.39 Å². The molecule has 2 heterocycles. The third-order valence-electron chi connectivity index (χ3n) is 5.60. The quantitative estimate of drug-likeness (QED) is 0.871.